The molecule has 1 aromatic heterocycles. The molecule has 0 amide bonds. The van der Waals surface area contributed by atoms with Crippen molar-refractivity contribution in [2.24, 2.45) is 0 Å². The number of sulfonamides is 1. The molecule has 2 rings (SSSR count). The minimum absolute atomic E-state index is 0.119. The molecule has 18 heavy (non-hydrogen) atoms. The average Bonchev–Trinajstić information content (AvgIpc) is 2.76. The predicted molar refractivity (Wildman–Crippen MR) is 65.1 cm³/mol. The molecule has 0 saturated heterocycles. The van der Waals surface area contributed by atoms with Gasteiger partial charge in [0.2, 0.25) is 0 Å². The van der Waals surface area contributed by atoms with Crippen molar-refractivity contribution in [2.45, 2.75) is 18.4 Å². The summed E-state index contributed by atoms with van der Waals surface area (Å²) >= 11 is 0. The lowest BCUT2D eigenvalue weighted by atomic mass is 10.4. The zero-order valence-electron chi connectivity index (χ0n) is 9.67. The van der Waals surface area contributed by atoms with Crippen LogP contribution in [0.5, 0.6) is 0 Å². The number of anilines is 1. The lowest BCUT2D eigenvalue weighted by molar-refractivity contribution is 0.595. The van der Waals surface area contributed by atoms with Crippen LogP contribution in [0.25, 0.3) is 0 Å². The van der Waals surface area contributed by atoms with Gasteiger partial charge in [-0.1, -0.05) is 6.07 Å². The van der Waals surface area contributed by atoms with Crippen LogP contribution in [0.1, 0.15) is 6.92 Å². The molecule has 0 aliphatic rings. The summed E-state index contributed by atoms with van der Waals surface area (Å²) in [7, 11) is -3.77. The minimum atomic E-state index is -3.77. The van der Waals surface area contributed by atoms with Gasteiger partial charge in [-0.25, -0.2) is 12.8 Å². The number of aryl methyl sites for hydroxylation is 1. The van der Waals surface area contributed by atoms with E-state index in [2.05, 4.69) is 9.82 Å². The van der Waals surface area contributed by atoms with Crippen LogP contribution in [0.3, 0.4) is 0 Å². The first-order valence-corrected chi connectivity index (χ1v) is 6.80. The number of benzene rings is 1. The van der Waals surface area contributed by atoms with E-state index < -0.39 is 15.8 Å². The summed E-state index contributed by atoms with van der Waals surface area (Å²) in [6, 6.07) is 4.83. The zero-order chi connectivity index (χ0) is 13.2. The maximum atomic E-state index is 13.0. The van der Waals surface area contributed by atoms with Crippen molar-refractivity contribution < 1.29 is 12.8 Å². The van der Waals surface area contributed by atoms with Gasteiger partial charge < -0.3 is 0 Å². The lowest BCUT2D eigenvalue weighted by Gasteiger charge is -2.05. The summed E-state index contributed by atoms with van der Waals surface area (Å²) in [5.41, 5.74) is 0.348. The molecule has 0 aliphatic carbocycles. The van der Waals surface area contributed by atoms with Gasteiger partial charge in [0.1, 0.15) is 5.82 Å². The highest BCUT2D eigenvalue weighted by Crippen LogP contribution is 2.16. The fourth-order valence-electron chi connectivity index (χ4n) is 1.44. The number of aromatic nitrogens is 2. The van der Waals surface area contributed by atoms with Crippen molar-refractivity contribution in [1.29, 1.82) is 0 Å². The van der Waals surface area contributed by atoms with Crippen molar-refractivity contribution in [3.05, 3.63) is 42.5 Å². The second-order valence-corrected chi connectivity index (χ2v) is 5.33. The summed E-state index contributed by atoms with van der Waals surface area (Å²) in [6.07, 6.45) is 2.97. The van der Waals surface area contributed by atoms with E-state index in [-0.39, 0.29) is 4.90 Å². The number of nitrogens with zero attached hydrogens (tertiary/aromatic N) is 2. The molecule has 0 radical (unpaired) electrons. The van der Waals surface area contributed by atoms with Crippen LogP contribution >= 0.6 is 0 Å². The Morgan fingerprint density at radius 3 is 2.83 bits per heavy atom. The van der Waals surface area contributed by atoms with Crippen LogP contribution in [0, 0.1) is 5.82 Å². The van der Waals surface area contributed by atoms with E-state index in [0.717, 1.165) is 6.07 Å². The second-order valence-electron chi connectivity index (χ2n) is 3.65. The number of halogens is 1. The molecule has 0 bridgehead atoms. The Bertz CT molecular complexity index is 652. The molecule has 0 unspecified atom stereocenters. The molecule has 1 N–H and O–H groups in total. The fraction of sp³-hybridized carbons (Fsp3) is 0.182. The highest BCUT2D eigenvalue weighted by molar-refractivity contribution is 7.92. The van der Waals surface area contributed by atoms with E-state index in [0.29, 0.717) is 12.2 Å². The Labute approximate surface area is 104 Å². The van der Waals surface area contributed by atoms with E-state index in [4.69, 9.17) is 0 Å². The number of rotatable bonds is 4. The van der Waals surface area contributed by atoms with Crippen LogP contribution in [-0.2, 0) is 16.6 Å². The van der Waals surface area contributed by atoms with Gasteiger partial charge in [0.15, 0.2) is 0 Å². The molecule has 0 spiro atoms. The molecule has 0 aliphatic heterocycles. The summed E-state index contributed by atoms with van der Waals surface area (Å²) < 4.78 is 40.8. The largest absolute Gasteiger partial charge is 0.276 e. The monoisotopic (exact) mass is 269 g/mol. The maximum Gasteiger partial charge on any atom is 0.262 e. The van der Waals surface area contributed by atoms with E-state index in [1.165, 1.54) is 24.4 Å². The van der Waals surface area contributed by atoms with Gasteiger partial charge in [0, 0.05) is 12.7 Å². The first kappa shape index (κ1) is 12.6. The van der Waals surface area contributed by atoms with Crippen molar-refractivity contribution in [1.82, 2.24) is 9.78 Å². The van der Waals surface area contributed by atoms with Crippen molar-refractivity contribution in [2.75, 3.05) is 4.72 Å². The summed E-state index contributed by atoms with van der Waals surface area (Å²) in [5.74, 6) is -0.595. The van der Waals surface area contributed by atoms with Gasteiger partial charge in [-0.2, -0.15) is 5.10 Å². The number of nitrogens with one attached hydrogen (secondary N) is 1. The third-order valence-corrected chi connectivity index (χ3v) is 3.69. The molecule has 0 fully saturated rings. The first-order valence-electron chi connectivity index (χ1n) is 5.32. The fourth-order valence-corrected chi connectivity index (χ4v) is 2.50. The molecule has 7 heteroatoms. The van der Waals surface area contributed by atoms with Gasteiger partial charge in [0.25, 0.3) is 10.0 Å². The van der Waals surface area contributed by atoms with E-state index in [1.54, 1.807) is 10.9 Å². The summed E-state index contributed by atoms with van der Waals surface area (Å²) in [6.45, 7) is 2.53. The van der Waals surface area contributed by atoms with E-state index >= 15 is 0 Å². The van der Waals surface area contributed by atoms with E-state index in [9.17, 15) is 12.8 Å². The Morgan fingerprint density at radius 2 is 2.22 bits per heavy atom. The normalized spacial score (nSPS) is 11.4. The van der Waals surface area contributed by atoms with Gasteiger partial charge in [0.05, 0.1) is 16.8 Å². The number of hydrogen-bond donors (Lipinski definition) is 1. The zero-order valence-corrected chi connectivity index (χ0v) is 10.5. The molecule has 5 nitrogen and oxygen atoms in total. The van der Waals surface area contributed by atoms with Crippen molar-refractivity contribution in [3.8, 4) is 0 Å². The van der Waals surface area contributed by atoms with Gasteiger partial charge in [-0.05, 0) is 25.1 Å². The van der Waals surface area contributed by atoms with Gasteiger partial charge >= 0.3 is 0 Å². The Kier molecular flexibility index (Phi) is 3.33. The minimum Gasteiger partial charge on any atom is -0.276 e. The SMILES string of the molecule is CCn1cc(NS(=O)(=O)c2cccc(F)c2)cn1. The van der Waals surface area contributed by atoms with Crippen LogP contribution in [-0.4, -0.2) is 18.2 Å². The van der Waals surface area contributed by atoms with Crippen molar-refractivity contribution >= 4 is 15.7 Å². The van der Waals surface area contributed by atoms with Crippen LogP contribution in [0.15, 0.2) is 41.6 Å². The van der Waals surface area contributed by atoms with Crippen LogP contribution in [0.2, 0.25) is 0 Å². The quantitative estimate of drug-likeness (QED) is 0.921. The average molecular weight is 269 g/mol. The predicted octanol–water partition coefficient (Wildman–Crippen LogP) is 1.84. The summed E-state index contributed by atoms with van der Waals surface area (Å²) in [5, 5.41) is 3.95. The highest BCUT2D eigenvalue weighted by Gasteiger charge is 2.15. The molecule has 0 saturated carbocycles. The van der Waals surface area contributed by atoms with Crippen LogP contribution < -0.4 is 4.72 Å². The second kappa shape index (κ2) is 4.77. The molecule has 0 atom stereocenters. The summed E-state index contributed by atoms with van der Waals surface area (Å²) in [4.78, 5) is -0.119. The topological polar surface area (TPSA) is 64.0 Å². The molecule has 1 aromatic carbocycles. The lowest BCUT2D eigenvalue weighted by Crippen LogP contribution is -2.12. The molecule has 2 aromatic rings. The Morgan fingerprint density at radius 1 is 1.44 bits per heavy atom. The van der Waals surface area contributed by atoms with E-state index in [1.807, 2.05) is 6.92 Å². The smallest absolute Gasteiger partial charge is 0.262 e. The first-order chi connectivity index (χ1) is 8.51. The third-order valence-electron chi connectivity index (χ3n) is 2.32. The molecule has 1 heterocycles. The molecular weight excluding hydrogens is 257 g/mol. The standard InChI is InChI=1S/C11H12FN3O2S/c1-2-15-8-10(7-13-15)14-18(16,17)11-5-3-4-9(12)6-11/h3-8,14H,2H2,1H3. The molecule has 96 valence electrons. The van der Waals surface area contributed by atoms with Gasteiger partial charge in [-0.15, -0.1) is 0 Å². The van der Waals surface area contributed by atoms with Gasteiger partial charge in [-0.3, -0.25) is 9.40 Å². The van der Waals surface area contributed by atoms with Crippen LogP contribution in [0.4, 0.5) is 10.1 Å². The number of hydrogen-bond acceptors (Lipinski definition) is 3. The maximum absolute atomic E-state index is 13.0. The Hall–Kier alpha value is -1.89. The highest BCUT2D eigenvalue weighted by atomic mass is 32.2. The Balaban J connectivity index is 2.27. The van der Waals surface area contributed by atoms with Crippen molar-refractivity contribution in [3.63, 3.8) is 0 Å². The third kappa shape index (κ3) is 2.67. The molecular formula is C11H12FN3O2S.